The van der Waals surface area contributed by atoms with E-state index < -0.39 is 0 Å². The lowest BCUT2D eigenvalue weighted by Gasteiger charge is -2.09. The molecular formula is C23H24N4O3. The Morgan fingerprint density at radius 1 is 0.933 bits per heavy atom. The second-order valence-corrected chi connectivity index (χ2v) is 6.61. The Kier molecular flexibility index (Phi) is 6.64. The van der Waals surface area contributed by atoms with E-state index >= 15 is 0 Å². The summed E-state index contributed by atoms with van der Waals surface area (Å²) >= 11 is 0. The maximum Gasteiger partial charge on any atom is 0.248 e. The van der Waals surface area contributed by atoms with E-state index in [9.17, 15) is 4.79 Å². The van der Waals surface area contributed by atoms with E-state index in [2.05, 4.69) is 20.6 Å². The molecule has 0 saturated carbocycles. The monoisotopic (exact) mass is 404 g/mol. The van der Waals surface area contributed by atoms with Crippen LogP contribution in [0.1, 0.15) is 17.0 Å². The Morgan fingerprint density at radius 3 is 2.37 bits per heavy atom. The van der Waals surface area contributed by atoms with E-state index in [-0.39, 0.29) is 5.91 Å². The van der Waals surface area contributed by atoms with Gasteiger partial charge in [0.25, 0.3) is 0 Å². The van der Waals surface area contributed by atoms with Crippen LogP contribution in [0, 0.1) is 13.8 Å². The topological polar surface area (TPSA) is 85.4 Å². The predicted octanol–water partition coefficient (Wildman–Crippen LogP) is 4.51. The molecule has 7 nitrogen and oxygen atoms in total. The Labute approximate surface area is 175 Å². The zero-order chi connectivity index (χ0) is 21.5. The van der Waals surface area contributed by atoms with Gasteiger partial charge in [0.2, 0.25) is 11.9 Å². The molecule has 1 amide bonds. The molecule has 0 radical (unpaired) electrons. The number of benzene rings is 2. The maximum absolute atomic E-state index is 12.4. The molecule has 0 aliphatic heterocycles. The van der Waals surface area contributed by atoms with Crippen LogP contribution < -0.4 is 20.1 Å². The lowest BCUT2D eigenvalue weighted by molar-refractivity contribution is -0.111. The minimum atomic E-state index is -0.257. The first kappa shape index (κ1) is 20.9. The molecular weight excluding hydrogens is 380 g/mol. The van der Waals surface area contributed by atoms with Crippen LogP contribution in [0.15, 0.2) is 54.6 Å². The Balaban J connectivity index is 1.68. The van der Waals surface area contributed by atoms with Crippen molar-refractivity contribution < 1.29 is 14.3 Å². The molecule has 1 aromatic heterocycles. The highest BCUT2D eigenvalue weighted by Crippen LogP contribution is 2.25. The summed E-state index contributed by atoms with van der Waals surface area (Å²) in [5, 5.41) is 6.01. The molecule has 2 N–H and O–H groups in total. The molecule has 30 heavy (non-hydrogen) atoms. The summed E-state index contributed by atoms with van der Waals surface area (Å²) in [6.07, 6.45) is 3.15. The summed E-state index contributed by atoms with van der Waals surface area (Å²) in [4.78, 5) is 21.1. The minimum Gasteiger partial charge on any atom is -0.497 e. The van der Waals surface area contributed by atoms with E-state index in [0.29, 0.717) is 23.1 Å². The molecule has 0 fully saturated rings. The van der Waals surface area contributed by atoms with E-state index in [1.807, 2.05) is 56.3 Å². The average molecular weight is 404 g/mol. The van der Waals surface area contributed by atoms with Crippen molar-refractivity contribution in [2.24, 2.45) is 0 Å². The number of carbonyl (C=O) groups excluding carboxylic acids is 1. The summed E-state index contributed by atoms with van der Waals surface area (Å²) in [7, 11) is 3.16. The first-order chi connectivity index (χ1) is 14.5. The summed E-state index contributed by atoms with van der Waals surface area (Å²) in [5.74, 6) is 1.57. The molecule has 2 aromatic carbocycles. The lowest BCUT2D eigenvalue weighted by atomic mass is 10.1. The van der Waals surface area contributed by atoms with Crippen LogP contribution in [-0.2, 0) is 4.79 Å². The maximum atomic E-state index is 12.4. The number of amides is 1. The molecule has 7 heteroatoms. The van der Waals surface area contributed by atoms with Crippen molar-refractivity contribution in [2.45, 2.75) is 13.8 Å². The van der Waals surface area contributed by atoms with Crippen molar-refractivity contribution in [3.05, 3.63) is 71.6 Å². The summed E-state index contributed by atoms with van der Waals surface area (Å²) in [6.45, 7) is 3.83. The van der Waals surface area contributed by atoms with Crippen molar-refractivity contribution in [1.82, 2.24) is 9.97 Å². The third-order valence-corrected chi connectivity index (χ3v) is 4.22. The van der Waals surface area contributed by atoms with Gasteiger partial charge in [-0.25, -0.2) is 9.97 Å². The molecule has 0 spiro atoms. The third-order valence-electron chi connectivity index (χ3n) is 4.22. The van der Waals surface area contributed by atoms with Gasteiger partial charge in [-0.15, -0.1) is 0 Å². The fourth-order valence-electron chi connectivity index (χ4n) is 2.89. The van der Waals surface area contributed by atoms with Gasteiger partial charge >= 0.3 is 0 Å². The number of aryl methyl sites for hydroxylation is 2. The van der Waals surface area contributed by atoms with Crippen LogP contribution in [0.2, 0.25) is 0 Å². The van der Waals surface area contributed by atoms with E-state index in [1.54, 1.807) is 26.4 Å². The van der Waals surface area contributed by atoms with Crippen LogP contribution in [0.5, 0.6) is 11.5 Å². The van der Waals surface area contributed by atoms with E-state index in [0.717, 1.165) is 22.6 Å². The Hall–Kier alpha value is -3.87. The highest BCUT2D eigenvalue weighted by Gasteiger charge is 2.05. The number of anilines is 3. The number of hydrogen-bond donors (Lipinski definition) is 2. The van der Waals surface area contributed by atoms with Gasteiger partial charge in [0.05, 0.1) is 14.2 Å². The van der Waals surface area contributed by atoms with Gasteiger partial charge in [-0.05, 0) is 56.3 Å². The molecule has 0 atom stereocenters. The van der Waals surface area contributed by atoms with Gasteiger partial charge in [-0.3, -0.25) is 4.79 Å². The van der Waals surface area contributed by atoms with Crippen molar-refractivity contribution in [3.63, 3.8) is 0 Å². The standard InChI is InChI=1S/C23H24N4O3/c1-15-12-16(2)25-23(24-15)27-19-7-5-6-18(13-19)26-22(28)11-9-17-8-10-20(29-3)14-21(17)30-4/h5-14H,1-4H3,(H,26,28)(H,24,25,27)/b11-9+. The van der Waals surface area contributed by atoms with Gasteiger partial charge in [-0.2, -0.15) is 0 Å². The van der Waals surface area contributed by atoms with E-state index in [4.69, 9.17) is 9.47 Å². The normalized spacial score (nSPS) is 10.7. The fraction of sp³-hybridized carbons (Fsp3) is 0.174. The second-order valence-electron chi connectivity index (χ2n) is 6.61. The van der Waals surface area contributed by atoms with Crippen LogP contribution in [0.4, 0.5) is 17.3 Å². The highest BCUT2D eigenvalue weighted by atomic mass is 16.5. The zero-order valence-electron chi connectivity index (χ0n) is 17.4. The molecule has 0 bridgehead atoms. The molecule has 154 valence electrons. The summed E-state index contributed by atoms with van der Waals surface area (Å²) < 4.78 is 10.5. The molecule has 3 aromatic rings. The van der Waals surface area contributed by atoms with Crippen molar-refractivity contribution in [1.29, 1.82) is 0 Å². The molecule has 0 aliphatic carbocycles. The zero-order valence-corrected chi connectivity index (χ0v) is 17.4. The number of methoxy groups -OCH3 is 2. The highest BCUT2D eigenvalue weighted by molar-refractivity contribution is 6.02. The molecule has 0 aliphatic rings. The average Bonchev–Trinajstić information content (AvgIpc) is 2.71. The van der Waals surface area contributed by atoms with Crippen molar-refractivity contribution in [2.75, 3.05) is 24.9 Å². The number of rotatable bonds is 7. The summed E-state index contributed by atoms with van der Waals surface area (Å²) in [5.41, 5.74) is 3.97. The van der Waals surface area contributed by atoms with E-state index in [1.165, 1.54) is 6.08 Å². The number of hydrogen-bond acceptors (Lipinski definition) is 6. The van der Waals surface area contributed by atoms with Crippen LogP contribution in [0.3, 0.4) is 0 Å². The van der Waals surface area contributed by atoms with Gasteiger partial charge in [0.15, 0.2) is 0 Å². The quantitative estimate of drug-likeness (QED) is 0.564. The number of nitrogens with zero attached hydrogens (tertiary/aromatic N) is 2. The first-order valence-corrected chi connectivity index (χ1v) is 9.37. The Morgan fingerprint density at radius 2 is 1.67 bits per heavy atom. The summed E-state index contributed by atoms with van der Waals surface area (Å²) in [6, 6.07) is 14.7. The molecule has 0 unspecified atom stereocenters. The van der Waals surface area contributed by atoms with Gasteiger partial charge in [0.1, 0.15) is 11.5 Å². The molecule has 0 saturated heterocycles. The molecule has 1 heterocycles. The second kappa shape index (κ2) is 9.56. The van der Waals surface area contributed by atoms with Crippen LogP contribution >= 0.6 is 0 Å². The number of nitrogens with one attached hydrogen (secondary N) is 2. The predicted molar refractivity (Wildman–Crippen MR) is 118 cm³/mol. The lowest BCUT2D eigenvalue weighted by Crippen LogP contribution is -2.08. The Bertz CT molecular complexity index is 1060. The number of aromatic nitrogens is 2. The fourth-order valence-corrected chi connectivity index (χ4v) is 2.89. The SMILES string of the molecule is COc1ccc(/C=C/C(=O)Nc2cccc(Nc3nc(C)cc(C)n3)c2)c(OC)c1. The smallest absolute Gasteiger partial charge is 0.248 e. The van der Waals surface area contributed by atoms with Crippen molar-refractivity contribution in [3.8, 4) is 11.5 Å². The van der Waals surface area contributed by atoms with Gasteiger partial charge in [0, 0.05) is 40.5 Å². The molecule has 3 rings (SSSR count). The number of carbonyl (C=O) groups is 1. The third kappa shape index (κ3) is 5.57. The number of ether oxygens (including phenoxy) is 2. The van der Waals surface area contributed by atoms with Gasteiger partial charge < -0.3 is 20.1 Å². The van der Waals surface area contributed by atoms with Crippen LogP contribution in [-0.4, -0.2) is 30.1 Å². The largest absolute Gasteiger partial charge is 0.497 e. The first-order valence-electron chi connectivity index (χ1n) is 9.37. The van der Waals surface area contributed by atoms with Crippen LogP contribution in [0.25, 0.3) is 6.08 Å². The minimum absolute atomic E-state index is 0.257. The van der Waals surface area contributed by atoms with Crippen molar-refractivity contribution >= 4 is 29.3 Å². The van der Waals surface area contributed by atoms with Gasteiger partial charge in [-0.1, -0.05) is 6.07 Å².